The summed E-state index contributed by atoms with van der Waals surface area (Å²) in [5.74, 6) is 1.09. The van der Waals surface area contributed by atoms with Gasteiger partial charge in [-0.2, -0.15) is 0 Å². The molecule has 98 valence electrons. The number of hydrogen-bond donors (Lipinski definition) is 1. The Bertz CT molecular complexity index is 583. The van der Waals surface area contributed by atoms with Gasteiger partial charge in [0.25, 0.3) is 0 Å². The summed E-state index contributed by atoms with van der Waals surface area (Å²) in [4.78, 5) is 0. The minimum atomic E-state index is -0.288. The number of nitrogens with one attached hydrogen (secondary N) is 1. The highest BCUT2D eigenvalue weighted by molar-refractivity contribution is 5.59. The summed E-state index contributed by atoms with van der Waals surface area (Å²) in [6, 6.07) is 12.4. The number of anilines is 1. The highest BCUT2D eigenvalue weighted by Crippen LogP contribution is 2.34. The highest BCUT2D eigenvalue weighted by Gasteiger charge is 2.20. The van der Waals surface area contributed by atoms with E-state index in [0.29, 0.717) is 12.4 Å². The van der Waals surface area contributed by atoms with Crippen LogP contribution in [-0.2, 0) is 0 Å². The van der Waals surface area contributed by atoms with Gasteiger partial charge in [0.2, 0.25) is 0 Å². The number of fused-ring (bicyclic) bond motifs is 1. The third-order valence-electron chi connectivity index (χ3n) is 3.20. The smallest absolute Gasteiger partial charge is 0.145 e. The zero-order chi connectivity index (χ0) is 13.2. The predicted molar refractivity (Wildman–Crippen MR) is 71.3 cm³/mol. The first-order chi connectivity index (χ1) is 9.26. The molecule has 1 N–H and O–H groups in total. The SMILES string of the molecule is COc1ccc([C@@H]2COc3cc(F)ccc3N2)cc1. The second-order valence-electron chi connectivity index (χ2n) is 4.42. The van der Waals surface area contributed by atoms with Crippen LogP contribution in [0.15, 0.2) is 42.5 Å². The summed E-state index contributed by atoms with van der Waals surface area (Å²) < 4.78 is 23.8. The monoisotopic (exact) mass is 259 g/mol. The number of hydrogen-bond acceptors (Lipinski definition) is 3. The Morgan fingerprint density at radius 1 is 1.21 bits per heavy atom. The van der Waals surface area contributed by atoms with Crippen molar-refractivity contribution in [2.75, 3.05) is 19.0 Å². The maximum Gasteiger partial charge on any atom is 0.145 e. The lowest BCUT2D eigenvalue weighted by atomic mass is 10.1. The summed E-state index contributed by atoms with van der Waals surface area (Å²) in [7, 11) is 1.64. The molecule has 2 aromatic carbocycles. The Balaban J connectivity index is 1.82. The van der Waals surface area contributed by atoms with Gasteiger partial charge in [0.05, 0.1) is 18.8 Å². The van der Waals surface area contributed by atoms with E-state index in [-0.39, 0.29) is 11.9 Å². The maximum absolute atomic E-state index is 13.1. The first-order valence-electron chi connectivity index (χ1n) is 6.09. The van der Waals surface area contributed by atoms with Gasteiger partial charge in [-0.3, -0.25) is 0 Å². The third kappa shape index (κ3) is 2.34. The lowest BCUT2D eigenvalue weighted by Crippen LogP contribution is -2.23. The minimum absolute atomic E-state index is 0.0591. The fraction of sp³-hybridized carbons (Fsp3) is 0.200. The molecule has 19 heavy (non-hydrogen) atoms. The van der Waals surface area contributed by atoms with E-state index in [0.717, 1.165) is 17.0 Å². The summed E-state index contributed by atoms with van der Waals surface area (Å²) in [6.07, 6.45) is 0. The van der Waals surface area contributed by atoms with Crippen LogP contribution in [0.2, 0.25) is 0 Å². The summed E-state index contributed by atoms with van der Waals surface area (Å²) >= 11 is 0. The van der Waals surface area contributed by atoms with Gasteiger partial charge in [0.15, 0.2) is 0 Å². The zero-order valence-corrected chi connectivity index (χ0v) is 10.5. The molecule has 0 saturated carbocycles. The van der Waals surface area contributed by atoms with Crippen LogP contribution < -0.4 is 14.8 Å². The van der Waals surface area contributed by atoms with Crippen LogP contribution in [0.5, 0.6) is 11.5 Å². The van der Waals surface area contributed by atoms with E-state index in [4.69, 9.17) is 9.47 Å². The quantitative estimate of drug-likeness (QED) is 0.896. The molecule has 2 aromatic rings. The summed E-state index contributed by atoms with van der Waals surface area (Å²) in [6.45, 7) is 0.475. The fourth-order valence-corrected chi connectivity index (χ4v) is 2.15. The van der Waals surface area contributed by atoms with Gasteiger partial charge in [-0.15, -0.1) is 0 Å². The van der Waals surface area contributed by atoms with Crippen LogP contribution in [0.1, 0.15) is 11.6 Å². The molecule has 3 rings (SSSR count). The van der Waals surface area contributed by atoms with Gasteiger partial charge in [-0.25, -0.2) is 4.39 Å². The molecule has 1 aliphatic rings. The highest BCUT2D eigenvalue weighted by atomic mass is 19.1. The van der Waals surface area contributed by atoms with Crippen LogP contribution in [0, 0.1) is 5.82 Å². The van der Waals surface area contributed by atoms with Crippen molar-refractivity contribution in [3.8, 4) is 11.5 Å². The standard InChI is InChI=1S/C15H14FNO2/c1-18-12-5-2-10(3-6-12)14-9-19-15-8-11(16)4-7-13(15)17-14/h2-8,14,17H,9H2,1H3/t14-/m0/s1. The molecule has 1 aliphatic heterocycles. The minimum Gasteiger partial charge on any atom is -0.497 e. The van der Waals surface area contributed by atoms with Crippen LogP contribution in [-0.4, -0.2) is 13.7 Å². The molecular formula is C15H14FNO2. The third-order valence-corrected chi connectivity index (χ3v) is 3.20. The molecular weight excluding hydrogens is 245 g/mol. The molecule has 4 heteroatoms. The molecule has 1 atom stereocenters. The van der Waals surface area contributed by atoms with E-state index in [1.54, 1.807) is 13.2 Å². The lowest BCUT2D eigenvalue weighted by Gasteiger charge is -2.27. The van der Waals surface area contributed by atoms with Crippen molar-refractivity contribution >= 4 is 5.69 Å². The molecule has 0 amide bonds. The molecule has 0 radical (unpaired) electrons. The van der Waals surface area contributed by atoms with E-state index >= 15 is 0 Å². The predicted octanol–water partition coefficient (Wildman–Crippen LogP) is 3.38. The summed E-state index contributed by atoms with van der Waals surface area (Å²) in [5, 5.41) is 3.35. The summed E-state index contributed by atoms with van der Waals surface area (Å²) in [5.41, 5.74) is 1.92. The lowest BCUT2D eigenvalue weighted by molar-refractivity contribution is 0.285. The van der Waals surface area contributed by atoms with Crippen LogP contribution >= 0.6 is 0 Å². The topological polar surface area (TPSA) is 30.5 Å². The maximum atomic E-state index is 13.1. The first kappa shape index (κ1) is 11.8. The molecule has 0 saturated heterocycles. The normalized spacial score (nSPS) is 17.1. The van der Waals surface area contributed by atoms with E-state index < -0.39 is 0 Å². The van der Waals surface area contributed by atoms with E-state index in [1.807, 2.05) is 24.3 Å². The molecule has 3 nitrogen and oxygen atoms in total. The number of methoxy groups -OCH3 is 1. The average Bonchev–Trinajstić information content (AvgIpc) is 2.47. The van der Waals surface area contributed by atoms with Gasteiger partial charge >= 0.3 is 0 Å². The number of halogens is 1. The number of rotatable bonds is 2. The van der Waals surface area contributed by atoms with Gasteiger partial charge < -0.3 is 14.8 Å². The van der Waals surface area contributed by atoms with Gasteiger partial charge in [0.1, 0.15) is 23.9 Å². The van der Waals surface area contributed by atoms with Crippen molar-refractivity contribution in [3.63, 3.8) is 0 Å². The van der Waals surface area contributed by atoms with Gasteiger partial charge in [-0.1, -0.05) is 12.1 Å². The molecule has 0 bridgehead atoms. The van der Waals surface area contributed by atoms with E-state index in [2.05, 4.69) is 5.32 Å². The second-order valence-corrected chi connectivity index (χ2v) is 4.42. The molecule has 1 heterocycles. The van der Waals surface area contributed by atoms with Crippen molar-refractivity contribution in [2.24, 2.45) is 0 Å². The second kappa shape index (κ2) is 4.80. The van der Waals surface area contributed by atoms with Crippen molar-refractivity contribution in [3.05, 3.63) is 53.8 Å². The van der Waals surface area contributed by atoms with E-state index in [1.165, 1.54) is 12.1 Å². The van der Waals surface area contributed by atoms with Crippen molar-refractivity contribution in [2.45, 2.75) is 6.04 Å². The fourth-order valence-electron chi connectivity index (χ4n) is 2.15. The van der Waals surface area contributed by atoms with Crippen LogP contribution in [0.3, 0.4) is 0 Å². The molecule has 0 spiro atoms. The average molecular weight is 259 g/mol. The molecule has 0 fully saturated rings. The van der Waals surface area contributed by atoms with Crippen molar-refractivity contribution in [1.29, 1.82) is 0 Å². The largest absolute Gasteiger partial charge is 0.497 e. The molecule has 0 unspecified atom stereocenters. The zero-order valence-electron chi connectivity index (χ0n) is 10.5. The van der Waals surface area contributed by atoms with Gasteiger partial charge in [0, 0.05) is 6.07 Å². The van der Waals surface area contributed by atoms with Crippen molar-refractivity contribution in [1.82, 2.24) is 0 Å². The number of benzene rings is 2. The molecule has 0 aliphatic carbocycles. The van der Waals surface area contributed by atoms with Crippen molar-refractivity contribution < 1.29 is 13.9 Å². The Morgan fingerprint density at radius 3 is 2.74 bits per heavy atom. The molecule has 0 aromatic heterocycles. The Kier molecular flexibility index (Phi) is 2.99. The van der Waals surface area contributed by atoms with Gasteiger partial charge in [-0.05, 0) is 29.8 Å². The Labute approximate surface area is 111 Å². The van der Waals surface area contributed by atoms with Crippen LogP contribution in [0.4, 0.5) is 10.1 Å². The number of ether oxygens (including phenoxy) is 2. The van der Waals surface area contributed by atoms with E-state index in [9.17, 15) is 4.39 Å². The Morgan fingerprint density at radius 2 is 2.00 bits per heavy atom. The van der Waals surface area contributed by atoms with Crippen LogP contribution in [0.25, 0.3) is 0 Å². The Hall–Kier alpha value is -2.23. The first-order valence-corrected chi connectivity index (χ1v) is 6.09.